The van der Waals surface area contributed by atoms with E-state index in [1.54, 1.807) is 27.0 Å². The lowest BCUT2D eigenvalue weighted by molar-refractivity contribution is -0.0412. The molecule has 0 amide bonds. The summed E-state index contributed by atoms with van der Waals surface area (Å²) in [4.78, 5) is 20.3. The number of aromatic hydroxyl groups is 1. The molecule has 4 aromatic carbocycles. The van der Waals surface area contributed by atoms with Crippen LogP contribution in [0.5, 0.6) is 23.0 Å². The lowest BCUT2D eigenvalue weighted by Gasteiger charge is -2.37. The van der Waals surface area contributed by atoms with Gasteiger partial charge in [0.2, 0.25) is 0 Å². The number of methoxy groups -OCH3 is 1. The predicted molar refractivity (Wildman–Crippen MR) is 209 cm³/mol. The number of Topliss-reactive ketones (excluding diaryl/α,β-unsaturated/α-hetero) is 1. The second-order valence-corrected chi connectivity index (χ2v) is 16.2. The number of nitrogens with zero attached hydrogens (tertiary/aromatic N) is 2. The van der Waals surface area contributed by atoms with E-state index in [1.807, 2.05) is 56.0 Å². The molecule has 0 radical (unpaired) electrons. The van der Waals surface area contributed by atoms with E-state index in [9.17, 15) is 15.0 Å². The highest BCUT2D eigenvalue weighted by molar-refractivity contribution is 7.99. The number of hydrogen-bond acceptors (Lipinski definition) is 9. The van der Waals surface area contributed by atoms with Crippen LogP contribution in [0.4, 0.5) is 11.4 Å². The Morgan fingerprint density at radius 2 is 1.75 bits per heavy atom. The molecule has 4 aromatic rings. The summed E-state index contributed by atoms with van der Waals surface area (Å²) in [5.41, 5.74) is 3.73. The molecule has 274 valence electrons. The number of anilines is 2. The summed E-state index contributed by atoms with van der Waals surface area (Å²) < 4.78 is 17.4. The Morgan fingerprint density at radius 3 is 2.50 bits per heavy atom. The second kappa shape index (κ2) is 15.1. The van der Waals surface area contributed by atoms with Gasteiger partial charge in [0.25, 0.3) is 0 Å². The third-order valence-corrected chi connectivity index (χ3v) is 10.8. The second-order valence-electron chi connectivity index (χ2n) is 14.7. The van der Waals surface area contributed by atoms with Gasteiger partial charge in [0.15, 0.2) is 5.78 Å². The van der Waals surface area contributed by atoms with Crippen molar-refractivity contribution in [1.29, 1.82) is 0 Å². The molecule has 3 heterocycles. The van der Waals surface area contributed by atoms with Crippen LogP contribution in [0.2, 0.25) is 5.02 Å². The highest BCUT2D eigenvalue weighted by atomic mass is 35.5. The highest BCUT2D eigenvalue weighted by Crippen LogP contribution is 2.49. The molecule has 0 spiro atoms. The largest absolute Gasteiger partial charge is 0.507 e. The minimum absolute atomic E-state index is 0.0505. The monoisotopic (exact) mass is 742 g/mol. The van der Waals surface area contributed by atoms with E-state index in [-0.39, 0.29) is 23.5 Å². The van der Waals surface area contributed by atoms with E-state index in [4.69, 9.17) is 25.8 Å². The molecule has 0 aromatic heterocycles. The minimum atomic E-state index is -0.758. The fraction of sp³-hybridized carbons (Fsp3) is 0.357. The smallest absolute Gasteiger partial charge is 0.171 e. The first-order chi connectivity index (χ1) is 24.7. The van der Waals surface area contributed by atoms with Gasteiger partial charge in [0.05, 0.1) is 35.7 Å². The summed E-state index contributed by atoms with van der Waals surface area (Å²) >= 11 is 8.03. The standard InChI is InChI=1S/C25H28O6.C17H19ClN2S/c1-24(2)9-8-16-20(30-24)7-6-14(23(16)29-5)11-18(26)17-10-15-12-22(28)25(3,4)31-21(15)13-19(17)27;1-19(2)10-5-11-20-14-6-3-4-7-16(14)21-17-9-8-13(18)12-15(17)20/h6-10,13,22,27-28H,11-12H2,1-5H3;3-4,6-9,12H,5,10-11H2,1-2H3. The summed E-state index contributed by atoms with van der Waals surface area (Å²) in [6.45, 7) is 9.61. The minimum Gasteiger partial charge on any atom is -0.507 e. The molecule has 2 N–H and O–H groups in total. The molecule has 52 heavy (non-hydrogen) atoms. The maximum absolute atomic E-state index is 13.1. The summed E-state index contributed by atoms with van der Waals surface area (Å²) in [6, 6.07) is 21.5. The van der Waals surface area contributed by atoms with Crippen molar-refractivity contribution in [3.8, 4) is 23.0 Å². The number of aliphatic hydroxyl groups excluding tert-OH is 1. The zero-order valence-electron chi connectivity index (χ0n) is 30.8. The summed E-state index contributed by atoms with van der Waals surface area (Å²) in [5, 5.41) is 21.6. The van der Waals surface area contributed by atoms with Crippen molar-refractivity contribution in [2.75, 3.05) is 39.2 Å². The van der Waals surface area contributed by atoms with Crippen LogP contribution in [0.1, 0.15) is 61.2 Å². The summed E-state index contributed by atoms with van der Waals surface area (Å²) in [6.07, 6.45) is 4.72. The first-order valence-corrected chi connectivity index (χ1v) is 18.7. The predicted octanol–water partition coefficient (Wildman–Crippen LogP) is 8.98. The van der Waals surface area contributed by atoms with Crippen LogP contribution in [-0.4, -0.2) is 72.5 Å². The van der Waals surface area contributed by atoms with Crippen LogP contribution in [0, 0.1) is 0 Å². The first-order valence-electron chi connectivity index (χ1n) is 17.5. The van der Waals surface area contributed by atoms with Crippen LogP contribution in [0.25, 0.3) is 6.08 Å². The third kappa shape index (κ3) is 8.08. The molecule has 3 aliphatic rings. The zero-order valence-corrected chi connectivity index (χ0v) is 32.4. The van der Waals surface area contributed by atoms with E-state index in [0.717, 1.165) is 30.1 Å². The molecule has 0 bridgehead atoms. The third-order valence-electron chi connectivity index (χ3n) is 9.46. The fourth-order valence-electron chi connectivity index (χ4n) is 6.61. The van der Waals surface area contributed by atoms with E-state index in [0.29, 0.717) is 34.8 Å². The number of carbonyl (C=O) groups is 1. The summed E-state index contributed by atoms with van der Waals surface area (Å²) in [7, 11) is 5.80. The number of ketones is 1. The Hall–Kier alpha value is -4.15. The summed E-state index contributed by atoms with van der Waals surface area (Å²) in [5.74, 6) is 1.37. The van der Waals surface area contributed by atoms with Crippen LogP contribution in [0.3, 0.4) is 0 Å². The van der Waals surface area contributed by atoms with Gasteiger partial charge in [-0.2, -0.15) is 0 Å². The van der Waals surface area contributed by atoms with Gasteiger partial charge in [-0.05, 0) is 115 Å². The van der Waals surface area contributed by atoms with Gasteiger partial charge in [-0.3, -0.25) is 4.79 Å². The lowest BCUT2D eigenvalue weighted by atomic mass is 9.89. The van der Waals surface area contributed by atoms with Crippen molar-refractivity contribution in [1.82, 2.24) is 4.90 Å². The topological polar surface area (TPSA) is 91.7 Å². The van der Waals surface area contributed by atoms with Gasteiger partial charge < -0.3 is 34.2 Å². The number of phenols is 1. The van der Waals surface area contributed by atoms with Gasteiger partial charge in [-0.25, -0.2) is 0 Å². The van der Waals surface area contributed by atoms with Crippen molar-refractivity contribution >= 4 is 46.6 Å². The number of halogens is 1. The Bertz CT molecular complexity index is 2010. The van der Waals surface area contributed by atoms with Crippen molar-refractivity contribution in [3.05, 3.63) is 100 Å². The molecule has 0 fully saturated rings. The fourth-order valence-corrected chi connectivity index (χ4v) is 7.85. The number of benzene rings is 4. The van der Waals surface area contributed by atoms with E-state index >= 15 is 0 Å². The maximum atomic E-state index is 13.1. The number of fused-ring (bicyclic) bond motifs is 4. The van der Waals surface area contributed by atoms with Crippen LogP contribution in [-0.2, 0) is 12.8 Å². The van der Waals surface area contributed by atoms with E-state index < -0.39 is 17.3 Å². The molecular weight excluding hydrogens is 696 g/mol. The molecule has 1 atom stereocenters. The average Bonchev–Trinajstić information content (AvgIpc) is 3.08. The van der Waals surface area contributed by atoms with Gasteiger partial charge in [-0.1, -0.05) is 41.6 Å². The lowest BCUT2D eigenvalue weighted by Crippen LogP contribution is -2.46. The Morgan fingerprint density at radius 1 is 1.00 bits per heavy atom. The zero-order chi connectivity index (χ0) is 37.4. The van der Waals surface area contributed by atoms with Crippen LogP contribution >= 0.6 is 23.4 Å². The van der Waals surface area contributed by atoms with E-state index in [1.165, 1.54) is 27.2 Å². The number of aliphatic hydroxyl groups is 1. The SMILES string of the molecule is CN(C)CCCN1c2ccccc2Sc2ccc(Cl)cc21.COc1c(CC(=O)c2cc3c(cc2O)OC(C)(C)C(O)C3)ccc2c1C=CC(C)(C)O2. The van der Waals surface area contributed by atoms with Gasteiger partial charge in [-0.15, -0.1) is 0 Å². The number of ether oxygens (including phenoxy) is 3. The average molecular weight is 743 g/mol. The number of para-hydroxylation sites is 1. The first kappa shape index (κ1) is 37.6. The Labute approximate surface area is 316 Å². The molecule has 0 saturated heterocycles. The van der Waals surface area contributed by atoms with Crippen LogP contribution < -0.4 is 19.1 Å². The Balaban J connectivity index is 0.000000192. The van der Waals surface area contributed by atoms with Crippen LogP contribution in [0.15, 0.2) is 82.6 Å². The maximum Gasteiger partial charge on any atom is 0.171 e. The molecule has 7 rings (SSSR count). The highest BCUT2D eigenvalue weighted by Gasteiger charge is 2.36. The molecular formula is C42H47ClN2O6S. The normalized spacial score (nSPS) is 17.3. The molecule has 10 heteroatoms. The van der Waals surface area contributed by atoms with Gasteiger partial charge in [0.1, 0.15) is 34.2 Å². The van der Waals surface area contributed by atoms with Gasteiger partial charge in [0, 0.05) is 45.8 Å². The molecule has 1 unspecified atom stereocenters. The van der Waals surface area contributed by atoms with Crippen molar-refractivity contribution < 1.29 is 29.2 Å². The van der Waals surface area contributed by atoms with Gasteiger partial charge >= 0.3 is 0 Å². The quantitative estimate of drug-likeness (QED) is 0.172. The molecule has 0 saturated carbocycles. The molecule has 8 nitrogen and oxygen atoms in total. The van der Waals surface area contributed by atoms with Crippen molar-refractivity contribution in [2.45, 2.75) is 74.1 Å². The van der Waals surface area contributed by atoms with Crippen molar-refractivity contribution in [3.63, 3.8) is 0 Å². The number of phenolic OH excluding ortho intramolecular Hbond substituents is 1. The Kier molecular flexibility index (Phi) is 10.9. The van der Waals surface area contributed by atoms with Crippen molar-refractivity contribution in [2.24, 2.45) is 0 Å². The molecule has 3 aliphatic heterocycles. The number of hydrogen-bond donors (Lipinski definition) is 2. The number of rotatable bonds is 8. The van der Waals surface area contributed by atoms with E-state index in [2.05, 4.69) is 60.3 Å². The molecule has 0 aliphatic carbocycles. The number of carbonyl (C=O) groups excluding carboxylic acids is 1.